The Labute approximate surface area is 243 Å². The SMILES string of the molecule is CNC1CC=C(c2cnc(N)c3c(-c4ccc(NC(=O)Nc5ccc(F)cc5)c5ccccc45)nc(C(C)C)n23)CC1. The number of amides is 2. The summed E-state index contributed by atoms with van der Waals surface area (Å²) < 4.78 is 15.5. The summed E-state index contributed by atoms with van der Waals surface area (Å²) in [7, 11) is 2.01. The van der Waals surface area contributed by atoms with Gasteiger partial charge >= 0.3 is 6.03 Å². The molecule has 2 aromatic heterocycles. The number of rotatable bonds is 6. The van der Waals surface area contributed by atoms with E-state index in [1.165, 1.54) is 29.8 Å². The zero-order valence-electron chi connectivity index (χ0n) is 23.9. The molecule has 3 aromatic carbocycles. The van der Waals surface area contributed by atoms with Crippen LogP contribution in [-0.2, 0) is 0 Å². The van der Waals surface area contributed by atoms with E-state index in [2.05, 4.69) is 45.3 Å². The number of nitrogen functional groups attached to an aromatic ring is 1. The quantitative estimate of drug-likeness (QED) is 0.175. The summed E-state index contributed by atoms with van der Waals surface area (Å²) in [4.78, 5) is 22.6. The van der Waals surface area contributed by atoms with Crippen molar-refractivity contribution < 1.29 is 9.18 Å². The first kappa shape index (κ1) is 27.4. The monoisotopic (exact) mass is 563 g/mol. The second-order valence-electron chi connectivity index (χ2n) is 11.0. The Bertz CT molecular complexity index is 1820. The van der Waals surface area contributed by atoms with Gasteiger partial charge in [0.05, 0.1) is 17.6 Å². The highest BCUT2D eigenvalue weighted by Gasteiger charge is 2.25. The number of allylic oxidation sites excluding steroid dienone is 1. The van der Waals surface area contributed by atoms with E-state index in [1.54, 1.807) is 0 Å². The standard InChI is InChI=1S/C33H34FN7O/c1-19(2)32-40-29(30-31(35)37-18-28(41(30)32)20-8-12-22(36-3)13-9-20)26-16-17-27(25-7-5-4-6-24(25)26)39-33(42)38-23-14-10-21(34)11-15-23/h4-8,10-11,14-19,22,36H,9,12-13H2,1-3H3,(H2,35,37)(H2,38,39,42). The number of urea groups is 1. The fourth-order valence-corrected chi connectivity index (χ4v) is 5.73. The Morgan fingerprint density at radius 3 is 2.50 bits per heavy atom. The molecular weight excluding hydrogens is 529 g/mol. The van der Waals surface area contributed by atoms with E-state index in [1.807, 2.05) is 49.6 Å². The van der Waals surface area contributed by atoms with Crippen LogP contribution in [0.2, 0.25) is 0 Å². The average Bonchev–Trinajstić information content (AvgIpc) is 3.41. The van der Waals surface area contributed by atoms with Crippen LogP contribution in [0.5, 0.6) is 0 Å². The van der Waals surface area contributed by atoms with Crippen molar-refractivity contribution in [2.45, 2.75) is 45.1 Å². The summed E-state index contributed by atoms with van der Waals surface area (Å²) >= 11 is 0. The lowest BCUT2D eigenvalue weighted by atomic mass is 9.93. The van der Waals surface area contributed by atoms with Gasteiger partial charge in [-0.3, -0.25) is 4.40 Å². The molecule has 2 amide bonds. The third kappa shape index (κ3) is 5.07. The van der Waals surface area contributed by atoms with Crippen LogP contribution in [0.15, 0.2) is 72.9 Å². The zero-order valence-corrected chi connectivity index (χ0v) is 23.9. The van der Waals surface area contributed by atoms with Crippen LogP contribution in [0.3, 0.4) is 0 Å². The summed E-state index contributed by atoms with van der Waals surface area (Å²) in [5.74, 6) is 1.12. The lowest BCUT2D eigenvalue weighted by Crippen LogP contribution is -2.26. The molecule has 9 heteroatoms. The molecule has 2 heterocycles. The number of nitrogens with zero attached hydrogens (tertiary/aromatic N) is 3. The van der Waals surface area contributed by atoms with Crippen molar-refractivity contribution >= 4 is 45.1 Å². The van der Waals surface area contributed by atoms with Crippen LogP contribution >= 0.6 is 0 Å². The van der Waals surface area contributed by atoms with Gasteiger partial charge in [-0.2, -0.15) is 0 Å². The first-order valence-electron chi connectivity index (χ1n) is 14.2. The van der Waals surface area contributed by atoms with Gasteiger partial charge < -0.3 is 21.7 Å². The van der Waals surface area contributed by atoms with Gasteiger partial charge in [-0.15, -0.1) is 0 Å². The van der Waals surface area contributed by atoms with Gasteiger partial charge in [0.2, 0.25) is 0 Å². The Morgan fingerprint density at radius 2 is 1.81 bits per heavy atom. The first-order chi connectivity index (χ1) is 20.3. The molecule has 0 spiro atoms. The van der Waals surface area contributed by atoms with E-state index in [0.717, 1.165) is 58.3 Å². The summed E-state index contributed by atoms with van der Waals surface area (Å²) in [6.45, 7) is 4.27. The number of benzene rings is 3. The summed E-state index contributed by atoms with van der Waals surface area (Å²) in [5.41, 5.74) is 12.4. The van der Waals surface area contributed by atoms with Gasteiger partial charge in [0.1, 0.15) is 28.7 Å². The largest absolute Gasteiger partial charge is 0.382 e. The fourth-order valence-electron chi connectivity index (χ4n) is 5.73. The number of hydrogen-bond donors (Lipinski definition) is 4. The Morgan fingerprint density at radius 1 is 1.05 bits per heavy atom. The molecule has 214 valence electrons. The highest BCUT2D eigenvalue weighted by atomic mass is 19.1. The minimum Gasteiger partial charge on any atom is -0.382 e. The van der Waals surface area contributed by atoms with Crippen molar-refractivity contribution in [2.24, 2.45) is 0 Å². The molecule has 8 nitrogen and oxygen atoms in total. The van der Waals surface area contributed by atoms with E-state index in [-0.39, 0.29) is 11.7 Å². The molecule has 1 aliphatic carbocycles. The van der Waals surface area contributed by atoms with Crippen LogP contribution in [-0.4, -0.2) is 33.5 Å². The topological polar surface area (TPSA) is 109 Å². The molecular formula is C33H34FN7O. The summed E-state index contributed by atoms with van der Waals surface area (Å²) in [5, 5.41) is 10.9. The highest BCUT2D eigenvalue weighted by Crippen LogP contribution is 2.39. The average molecular weight is 564 g/mol. The second-order valence-corrected chi connectivity index (χ2v) is 11.0. The minimum absolute atomic E-state index is 0.142. The molecule has 1 aliphatic rings. The zero-order chi connectivity index (χ0) is 29.4. The molecule has 42 heavy (non-hydrogen) atoms. The number of nitrogens with two attached hydrogens (primary N) is 1. The van der Waals surface area contributed by atoms with E-state index < -0.39 is 6.03 Å². The van der Waals surface area contributed by atoms with Gasteiger partial charge in [0.15, 0.2) is 0 Å². The number of anilines is 3. The molecule has 0 bridgehead atoms. The van der Waals surface area contributed by atoms with Crippen molar-refractivity contribution in [2.75, 3.05) is 23.4 Å². The second kappa shape index (κ2) is 11.3. The van der Waals surface area contributed by atoms with Crippen molar-refractivity contribution in [3.8, 4) is 11.3 Å². The highest BCUT2D eigenvalue weighted by molar-refractivity contribution is 6.11. The lowest BCUT2D eigenvalue weighted by molar-refractivity contribution is 0.262. The van der Waals surface area contributed by atoms with Crippen LogP contribution in [0.4, 0.5) is 26.4 Å². The molecule has 5 N–H and O–H groups in total. The lowest BCUT2D eigenvalue weighted by Gasteiger charge is -2.22. The third-order valence-electron chi connectivity index (χ3n) is 7.91. The van der Waals surface area contributed by atoms with Crippen molar-refractivity contribution in [3.05, 3.63) is 90.3 Å². The van der Waals surface area contributed by atoms with Gasteiger partial charge in [-0.05, 0) is 67.6 Å². The Kier molecular flexibility index (Phi) is 7.34. The fraction of sp³-hybridized carbons (Fsp3) is 0.242. The predicted molar refractivity (Wildman–Crippen MR) is 168 cm³/mol. The molecule has 6 rings (SSSR count). The molecule has 0 aliphatic heterocycles. The number of hydrogen-bond acceptors (Lipinski definition) is 5. The minimum atomic E-state index is -0.423. The third-order valence-corrected chi connectivity index (χ3v) is 7.91. The molecule has 0 saturated carbocycles. The van der Waals surface area contributed by atoms with Crippen molar-refractivity contribution in [1.82, 2.24) is 19.7 Å². The number of halogens is 1. The molecule has 0 fully saturated rings. The van der Waals surface area contributed by atoms with E-state index >= 15 is 0 Å². The van der Waals surface area contributed by atoms with Crippen molar-refractivity contribution in [3.63, 3.8) is 0 Å². The summed E-state index contributed by atoms with van der Waals surface area (Å²) in [6.07, 6.45) is 7.13. The number of carbonyl (C=O) groups excluding carboxylic acids is 1. The smallest absolute Gasteiger partial charge is 0.323 e. The van der Waals surface area contributed by atoms with E-state index in [9.17, 15) is 9.18 Å². The van der Waals surface area contributed by atoms with E-state index in [4.69, 9.17) is 10.7 Å². The normalized spacial score (nSPS) is 15.3. The van der Waals surface area contributed by atoms with Gasteiger partial charge in [-0.1, -0.05) is 50.3 Å². The molecule has 1 atom stereocenters. The maximum absolute atomic E-state index is 13.3. The van der Waals surface area contributed by atoms with E-state index in [0.29, 0.717) is 23.2 Å². The number of imidazole rings is 1. The van der Waals surface area contributed by atoms with Crippen LogP contribution in [0, 0.1) is 5.82 Å². The summed E-state index contributed by atoms with van der Waals surface area (Å²) in [6, 6.07) is 17.4. The number of nitrogens with one attached hydrogen (secondary N) is 3. The molecule has 0 radical (unpaired) electrons. The Balaban J connectivity index is 1.45. The first-order valence-corrected chi connectivity index (χ1v) is 14.2. The maximum atomic E-state index is 13.3. The number of fused-ring (bicyclic) bond motifs is 2. The van der Waals surface area contributed by atoms with Gasteiger partial charge in [-0.25, -0.2) is 19.2 Å². The van der Waals surface area contributed by atoms with Crippen LogP contribution < -0.4 is 21.7 Å². The molecule has 5 aromatic rings. The number of aromatic nitrogens is 3. The van der Waals surface area contributed by atoms with Crippen molar-refractivity contribution in [1.29, 1.82) is 0 Å². The predicted octanol–water partition coefficient (Wildman–Crippen LogP) is 7.19. The van der Waals surface area contributed by atoms with Crippen LogP contribution in [0.25, 0.3) is 33.1 Å². The van der Waals surface area contributed by atoms with Crippen LogP contribution in [0.1, 0.15) is 50.5 Å². The van der Waals surface area contributed by atoms with Gasteiger partial charge in [0, 0.05) is 28.6 Å². The molecule has 0 saturated heterocycles. The number of carbonyl (C=O) groups is 1. The molecule has 1 unspecified atom stereocenters. The Hall–Kier alpha value is -4.76. The maximum Gasteiger partial charge on any atom is 0.323 e. The van der Waals surface area contributed by atoms with Gasteiger partial charge in [0.25, 0.3) is 0 Å².